The molecule has 10 heavy (non-hydrogen) atoms. The standard InChI is InChI=1S/C7H15NOS/c1-8(2)4-7-3-6(9)5-10-7/h6-7,9H,3-5H2,1-2H3/t6-,7+/m1/s1. The van der Waals surface area contributed by atoms with Gasteiger partial charge in [0.25, 0.3) is 0 Å². The molecular formula is C7H15NOS. The summed E-state index contributed by atoms with van der Waals surface area (Å²) in [4.78, 5) is 2.18. The fourth-order valence-electron chi connectivity index (χ4n) is 1.22. The largest absolute Gasteiger partial charge is 0.392 e. The molecule has 0 unspecified atom stereocenters. The second-order valence-electron chi connectivity index (χ2n) is 3.11. The van der Waals surface area contributed by atoms with Gasteiger partial charge in [-0.2, -0.15) is 11.8 Å². The maximum Gasteiger partial charge on any atom is 0.0641 e. The predicted octanol–water partition coefficient (Wildman–Crippen LogP) is 0.414. The van der Waals surface area contributed by atoms with Gasteiger partial charge in [-0.25, -0.2) is 0 Å². The van der Waals surface area contributed by atoms with E-state index in [0.29, 0.717) is 5.25 Å². The van der Waals surface area contributed by atoms with E-state index in [4.69, 9.17) is 0 Å². The van der Waals surface area contributed by atoms with Gasteiger partial charge in [0.05, 0.1) is 6.10 Å². The summed E-state index contributed by atoms with van der Waals surface area (Å²) in [7, 11) is 4.15. The SMILES string of the molecule is CN(C)C[C@@H]1C[C@@H](O)CS1. The average molecular weight is 161 g/mol. The van der Waals surface area contributed by atoms with Gasteiger partial charge in [0, 0.05) is 17.5 Å². The van der Waals surface area contributed by atoms with E-state index in [-0.39, 0.29) is 6.10 Å². The van der Waals surface area contributed by atoms with Gasteiger partial charge in [-0.15, -0.1) is 0 Å². The minimum atomic E-state index is -0.0463. The van der Waals surface area contributed by atoms with Crippen LogP contribution >= 0.6 is 11.8 Å². The first kappa shape index (κ1) is 8.37. The lowest BCUT2D eigenvalue weighted by Crippen LogP contribution is -2.22. The summed E-state index contributed by atoms with van der Waals surface area (Å²) < 4.78 is 0. The van der Waals surface area contributed by atoms with Crippen molar-refractivity contribution in [3.8, 4) is 0 Å². The summed E-state index contributed by atoms with van der Waals surface area (Å²) in [5, 5.41) is 9.83. The first-order chi connectivity index (χ1) is 4.68. The summed E-state index contributed by atoms with van der Waals surface area (Å²) in [6, 6.07) is 0. The number of hydrogen-bond acceptors (Lipinski definition) is 3. The number of thioether (sulfide) groups is 1. The van der Waals surface area contributed by atoms with Crippen molar-refractivity contribution in [1.82, 2.24) is 4.90 Å². The lowest BCUT2D eigenvalue weighted by Gasteiger charge is -2.14. The molecule has 1 heterocycles. The third-order valence-electron chi connectivity index (χ3n) is 1.63. The first-order valence-corrected chi connectivity index (χ1v) is 4.67. The van der Waals surface area contributed by atoms with E-state index < -0.39 is 0 Å². The van der Waals surface area contributed by atoms with E-state index in [9.17, 15) is 5.11 Å². The van der Waals surface area contributed by atoms with Crippen LogP contribution in [-0.2, 0) is 0 Å². The average Bonchev–Trinajstić information content (AvgIpc) is 2.13. The molecule has 3 heteroatoms. The lowest BCUT2D eigenvalue weighted by atomic mass is 10.2. The molecule has 0 spiro atoms. The van der Waals surface area contributed by atoms with Crippen LogP contribution in [0.1, 0.15) is 6.42 Å². The van der Waals surface area contributed by atoms with Gasteiger partial charge in [-0.05, 0) is 20.5 Å². The monoisotopic (exact) mass is 161 g/mol. The quantitative estimate of drug-likeness (QED) is 0.635. The van der Waals surface area contributed by atoms with Gasteiger partial charge in [-0.1, -0.05) is 0 Å². The molecule has 2 nitrogen and oxygen atoms in total. The summed E-state index contributed by atoms with van der Waals surface area (Å²) in [6.45, 7) is 1.10. The second-order valence-corrected chi connectivity index (χ2v) is 4.44. The summed E-state index contributed by atoms with van der Waals surface area (Å²) >= 11 is 1.89. The Morgan fingerprint density at radius 1 is 1.60 bits per heavy atom. The Balaban J connectivity index is 2.18. The summed E-state index contributed by atoms with van der Waals surface area (Å²) in [5.74, 6) is 0.929. The van der Waals surface area contributed by atoms with Crippen molar-refractivity contribution >= 4 is 11.8 Å². The van der Waals surface area contributed by atoms with Crippen LogP contribution in [0.2, 0.25) is 0 Å². The van der Waals surface area contributed by atoms with Crippen LogP contribution in [0, 0.1) is 0 Å². The molecule has 0 amide bonds. The highest BCUT2D eigenvalue weighted by Gasteiger charge is 2.23. The van der Waals surface area contributed by atoms with Crippen molar-refractivity contribution in [2.45, 2.75) is 17.8 Å². The molecule has 1 rings (SSSR count). The van der Waals surface area contributed by atoms with Gasteiger partial charge in [0.1, 0.15) is 0 Å². The zero-order valence-electron chi connectivity index (χ0n) is 6.58. The fourth-order valence-corrected chi connectivity index (χ4v) is 2.61. The van der Waals surface area contributed by atoms with E-state index in [0.717, 1.165) is 18.7 Å². The normalized spacial score (nSPS) is 33.6. The van der Waals surface area contributed by atoms with E-state index in [2.05, 4.69) is 19.0 Å². The van der Waals surface area contributed by atoms with Crippen LogP contribution in [0.25, 0.3) is 0 Å². The Hall–Kier alpha value is 0.270. The number of nitrogens with zero attached hydrogens (tertiary/aromatic N) is 1. The molecule has 0 bridgehead atoms. The number of aliphatic hydroxyl groups is 1. The Morgan fingerprint density at radius 2 is 2.30 bits per heavy atom. The second kappa shape index (κ2) is 3.60. The molecule has 0 aromatic rings. The number of aliphatic hydroxyl groups excluding tert-OH is 1. The topological polar surface area (TPSA) is 23.5 Å². The molecule has 1 aliphatic rings. The van der Waals surface area contributed by atoms with E-state index in [1.807, 2.05) is 11.8 Å². The summed E-state index contributed by atoms with van der Waals surface area (Å²) in [5.41, 5.74) is 0. The minimum absolute atomic E-state index is 0.0463. The van der Waals surface area contributed by atoms with Crippen LogP contribution in [-0.4, -0.2) is 47.8 Å². The zero-order valence-corrected chi connectivity index (χ0v) is 7.40. The van der Waals surface area contributed by atoms with Crippen molar-refractivity contribution in [3.05, 3.63) is 0 Å². The third kappa shape index (κ3) is 2.48. The molecular weight excluding hydrogens is 146 g/mol. The highest BCUT2D eigenvalue weighted by molar-refractivity contribution is 8.00. The molecule has 1 aliphatic heterocycles. The molecule has 0 aromatic heterocycles. The summed E-state index contributed by atoms with van der Waals surface area (Å²) in [6.07, 6.45) is 0.929. The fraction of sp³-hybridized carbons (Fsp3) is 1.00. The van der Waals surface area contributed by atoms with Crippen LogP contribution in [0.4, 0.5) is 0 Å². The van der Waals surface area contributed by atoms with Gasteiger partial charge < -0.3 is 10.0 Å². The van der Waals surface area contributed by atoms with Crippen molar-refractivity contribution in [3.63, 3.8) is 0 Å². The molecule has 0 aromatic carbocycles. The van der Waals surface area contributed by atoms with Crippen LogP contribution in [0.3, 0.4) is 0 Å². The van der Waals surface area contributed by atoms with Crippen molar-refractivity contribution in [1.29, 1.82) is 0 Å². The molecule has 60 valence electrons. The highest BCUT2D eigenvalue weighted by Crippen LogP contribution is 2.26. The Morgan fingerprint density at radius 3 is 2.70 bits per heavy atom. The number of rotatable bonds is 2. The molecule has 0 radical (unpaired) electrons. The van der Waals surface area contributed by atoms with Crippen LogP contribution in [0.5, 0.6) is 0 Å². The molecule has 0 aliphatic carbocycles. The predicted molar refractivity (Wildman–Crippen MR) is 45.4 cm³/mol. The van der Waals surface area contributed by atoms with Gasteiger partial charge >= 0.3 is 0 Å². The Bertz CT molecular complexity index is 108. The van der Waals surface area contributed by atoms with Crippen molar-refractivity contribution in [2.75, 3.05) is 26.4 Å². The highest BCUT2D eigenvalue weighted by atomic mass is 32.2. The van der Waals surface area contributed by atoms with E-state index in [1.54, 1.807) is 0 Å². The molecule has 2 atom stereocenters. The van der Waals surface area contributed by atoms with Crippen molar-refractivity contribution in [2.24, 2.45) is 0 Å². The van der Waals surface area contributed by atoms with Gasteiger partial charge in [0.2, 0.25) is 0 Å². The third-order valence-corrected chi connectivity index (χ3v) is 3.02. The van der Waals surface area contributed by atoms with Crippen molar-refractivity contribution < 1.29 is 5.11 Å². The molecule has 1 N–H and O–H groups in total. The minimum Gasteiger partial charge on any atom is -0.392 e. The van der Waals surface area contributed by atoms with Crippen LogP contribution in [0.15, 0.2) is 0 Å². The maximum absolute atomic E-state index is 9.17. The molecule has 1 fully saturated rings. The van der Waals surface area contributed by atoms with E-state index in [1.165, 1.54) is 0 Å². The molecule has 1 saturated heterocycles. The maximum atomic E-state index is 9.17. The van der Waals surface area contributed by atoms with Crippen LogP contribution < -0.4 is 0 Å². The first-order valence-electron chi connectivity index (χ1n) is 3.63. The smallest absolute Gasteiger partial charge is 0.0641 e. The Labute approximate surface area is 66.6 Å². The molecule has 0 saturated carbocycles. The zero-order chi connectivity index (χ0) is 7.56. The lowest BCUT2D eigenvalue weighted by molar-refractivity contribution is 0.192. The Kier molecular flexibility index (Phi) is 3.01. The van der Waals surface area contributed by atoms with Gasteiger partial charge in [-0.3, -0.25) is 0 Å². The van der Waals surface area contributed by atoms with E-state index >= 15 is 0 Å². The number of hydrogen-bond donors (Lipinski definition) is 1. The van der Waals surface area contributed by atoms with Gasteiger partial charge in [0.15, 0.2) is 0 Å².